The molecule has 1 fully saturated rings. The summed E-state index contributed by atoms with van der Waals surface area (Å²) in [5.74, 6) is 1.98. The standard InChI is InChI=1S/C19H23N7O2/c1-3-17-24-19(25-28-17)23-14-5-4-13(10-14)22-16-7-6-15(11-20-16)26-18(27)12(2)8-9-21-26/h6-9,11,13-14H,3-5,10H2,1-2H3,(H,20,22)(H,23,25)/t13-,14-/m0/s1. The van der Waals surface area contributed by atoms with Crippen LogP contribution < -0.4 is 16.2 Å². The van der Waals surface area contributed by atoms with Crippen molar-refractivity contribution < 1.29 is 4.52 Å². The summed E-state index contributed by atoms with van der Waals surface area (Å²) in [6.07, 6.45) is 6.99. The zero-order valence-corrected chi connectivity index (χ0v) is 15.9. The first-order chi connectivity index (χ1) is 13.6. The van der Waals surface area contributed by atoms with Crippen LogP contribution in [0.4, 0.5) is 11.8 Å². The first-order valence-electron chi connectivity index (χ1n) is 9.49. The highest BCUT2D eigenvalue weighted by atomic mass is 16.5. The Morgan fingerprint density at radius 1 is 1.21 bits per heavy atom. The molecule has 28 heavy (non-hydrogen) atoms. The highest BCUT2D eigenvalue weighted by Crippen LogP contribution is 2.25. The summed E-state index contributed by atoms with van der Waals surface area (Å²) >= 11 is 0. The van der Waals surface area contributed by atoms with E-state index in [1.54, 1.807) is 25.4 Å². The van der Waals surface area contributed by atoms with Gasteiger partial charge in [-0.1, -0.05) is 6.92 Å². The zero-order valence-electron chi connectivity index (χ0n) is 15.9. The number of aromatic nitrogens is 5. The molecule has 2 N–H and O–H groups in total. The quantitative estimate of drug-likeness (QED) is 0.669. The van der Waals surface area contributed by atoms with Gasteiger partial charge < -0.3 is 15.2 Å². The normalized spacial score (nSPS) is 18.9. The molecular weight excluding hydrogens is 358 g/mol. The van der Waals surface area contributed by atoms with Crippen molar-refractivity contribution in [3.63, 3.8) is 0 Å². The van der Waals surface area contributed by atoms with Crippen molar-refractivity contribution in [3.05, 3.63) is 52.4 Å². The minimum atomic E-state index is -0.137. The highest BCUT2D eigenvalue weighted by Gasteiger charge is 2.26. The second kappa shape index (κ2) is 7.79. The molecule has 0 amide bonds. The van der Waals surface area contributed by atoms with Crippen LogP contribution in [0.3, 0.4) is 0 Å². The van der Waals surface area contributed by atoms with E-state index in [4.69, 9.17) is 4.52 Å². The van der Waals surface area contributed by atoms with E-state index in [1.807, 2.05) is 19.1 Å². The molecular formula is C19H23N7O2. The van der Waals surface area contributed by atoms with Crippen molar-refractivity contribution >= 4 is 11.8 Å². The zero-order chi connectivity index (χ0) is 19.5. The summed E-state index contributed by atoms with van der Waals surface area (Å²) in [6.45, 7) is 3.75. The van der Waals surface area contributed by atoms with Gasteiger partial charge in [0, 0.05) is 30.3 Å². The van der Waals surface area contributed by atoms with Gasteiger partial charge in [0.1, 0.15) is 5.82 Å². The largest absolute Gasteiger partial charge is 0.367 e. The molecule has 9 heteroatoms. The summed E-state index contributed by atoms with van der Waals surface area (Å²) < 4.78 is 6.49. The number of hydrogen-bond donors (Lipinski definition) is 2. The van der Waals surface area contributed by atoms with Crippen LogP contribution in [0.2, 0.25) is 0 Å². The van der Waals surface area contributed by atoms with Crippen molar-refractivity contribution in [3.8, 4) is 5.69 Å². The molecule has 1 aliphatic carbocycles. The predicted octanol–water partition coefficient (Wildman–Crippen LogP) is 2.33. The number of pyridine rings is 1. The van der Waals surface area contributed by atoms with Gasteiger partial charge in [-0.25, -0.2) is 4.98 Å². The third-order valence-corrected chi connectivity index (χ3v) is 4.92. The van der Waals surface area contributed by atoms with Gasteiger partial charge in [-0.05, 0) is 49.5 Å². The van der Waals surface area contributed by atoms with E-state index in [0.717, 1.165) is 31.5 Å². The van der Waals surface area contributed by atoms with Crippen LogP contribution in [0.1, 0.15) is 37.6 Å². The molecule has 0 bridgehead atoms. The van der Waals surface area contributed by atoms with Crippen molar-refractivity contribution in [2.75, 3.05) is 10.6 Å². The lowest BCUT2D eigenvalue weighted by atomic mass is 10.2. The maximum absolute atomic E-state index is 12.2. The Hall–Kier alpha value is -3.23. The van der Waals surface area contributed by atoms with Crippen molar-refractivity contribution in [1.29, 1.82) is 0 Å². The van der Waals surface area contributed by atoms with Gasteiger partial charge in [0.25, 0.3) is 11.5 Å². The number of rotatable bonds is 6. The fourth-order valence-corrected chi connectivity index (χ4v) is 3.38. The van der Waals surface area contributed by atoms with E-state index in [1.165, 1.54) is 4.68 Å². The Bertz CT molecular complexity index is 996. The Labute approximate surface area is 162 Å². The summed E-state index contributed by atoms with van der Waals surface area (Å²) in [5, 5.41) is 14.8. The molecule has 0 unspecified atom stereocenters. The molecule has 0 spiro atoms. The number of nitrogens with zero attached hydrogens (tertiary/aromatic N) is 5. The van der Waals surface area contributed by atoms with E-state index in [2.05, 4.69) is 30.9 Å². The van der Waals surface area contributed by atoms with E-state index in [9.17, 15) is 4.79 Å². The minimum Gasteiger partial charge on any atom is -0.367 e. The smallest absolute Gasteiger partial charge is 0.274 e. The van der Waals surface area contributed by atoms with Crippen LogP contribution in [0.15, 0.2) is 39.9 Å². The Morgan fingerprint density at radius 2 is 2.04 bits per heavy atom. The average Bonchev–Trinajstić information content (AvgIpc) is 3.34. The van der Waals surface area contributed by atoms with Gasteiger partial charge >= 0.3 is 0 Å². The Balaban J connectivity index is 1.36. The number of nitrogens with one attached hydrogen (secondary N) is 2. The van der Waals surface area contributed by atoms with Crippen molar-refractivity contribution in [2.24, 2.45) is 0 Å². The summed E-state index contributed by atoms with van der Waals surface area (Å²) in [6, 6.07) is 6.03. The van der Waals surface area contributed by atoms with Gasteiger partial charge in [-0.15, -0.1) is 0 Å². The molecule has 3 heterocycles. The predicted molar refractivity (Wildman–Crippen MR) is 105 cm³/mol. The molecule has 0 radical (unpaired) electrons. The second-order valence-corrected chi connectivity index (χ2v) is 6.99. The molecule has 9 nitrogen and oxygen atoms in total. The van der Waals surface area contributed by atoms with E-state index in [-0.39, 0.29) is 5.56 Å². The van der Waals surface area contributed by atoms with Gasteiger partial charge in [-0.2, -0.15) is 14.8 Å². The lowest BCUT2D eigenvalue weighted by molar-refractivity contribution is 0.382. The molecule has 0 saturated heterocycles. The average molecular weight is 381 g/mol. The van der Waals surface area contributed by atoms with Gasteiger partial charge in [0.15, 0.2) is 0 Å². The molecule has 0 aromatic carbocycles. The fraction of sp³-hybridized carbons (Fsp3) is 0.421. The fourth-order valence-electron chi connectivity index (χ4n) is 3.38. The third kappa shape index (κ3) is 3.88. The number of anilines is 2. The maximum atomic E-state index is 12.2. The van der Waals surface area contributed by atoms with Crippen LogP contribution >= 0.6 is 0 Å². The molecule has 146 valence electrons. The maximum Gasteiger partial charge on any atom is 0.274 e. The molecule has 1 aliphatic rings. The number of hydrogen-bond acceptors (Lipinski definition) is 8. The van der Waals surface area contributed by atoms with Crippen LogP contribution in [0, 0.1) is 6.92 Å². The summed E-state index contributed by atoms with van der Waals surface area (Å²) in [4.78, 5) is 20.9. The molecule has 1 saturated carbocycles. The van der Waals surface area contributed by atoms with Crippen LogP contribution in [-0.4, -0.2) is 37.0 Å². The first kappa shape index (κ1) is 18.1. The highest BCUT2D eigenvalue weighted by molar-refractivity contribution is 5.41. The topological polar surface area (TPSA) is 111 Å². The van der Waals surface area contributed by atoms with E-state index in [0.29, 0.717) is 35.2 Å². The van der Waals surface area contributed by atoms with Crippen LogP contribution in [0.5, 0.6) is 0 Å². The van der Waals surface area contributed by atoms with Crippen molar-refractivity contribution in [2.45, 2.75) is 51.6 Å². The third-order valence-electron chi connectivity index (χ3n) is 4.92. The van der Waals surface area contributed by atoms with Gasteiger partial charge in [-0.3, -0.25) is 4.79 Å². The van der Waals surface area contributed by atoms with Gasteiger partial charge in [0.2, 0.25) is 5.89 Å². The summed E-state index contributed by atoms with van der Waals surface area (Å²) in [5.41, 5.74) is 1.16. The first-order valence-corrected chi connectivity index (χ1v) is 9.49. The minimum absolute atomic E-state index is 0.137. The Kier molecular flexibility index (Phi) is 5.05. The molecule has 2 atom stereocenters. The SMILES string of the molecule is CCc1nc(N[C@H]2CC[C@H](Nc3ccc(-n4nccc(C)c4=O)cn3)C2)no1. The summed E-state index contributed by atoms with van der Waals surface area (Å²) in [7, 11) is 0. The van der Waals surface area contributed by atoms with Gasteiger partial charge in [0.05, 0.1) is 11.9 Å². The monoisotopic (exact) mass is 381 g/mol. The second-order valence-electron chi connectivity index (χ2n) is 6.99. The molecule has 3 aromatic rings. The Morgan fingerprint density at radius 3 is 2.75 bits per heavy atom. The lowest BCUT2D eigenvalue weighted by Crippen LogP contribution is -2.23. The van der Waals surface area contributed by atoms with Crippen LogP contribution in [-0.2, 0) is 6.42 Å². The molecule has 0 aliphatic heterocycles. The van der Waals surface area contributed by atoms with Crippen LogP contribution in [0.25, 0.3) is 5.69 Å². The van der Waals surface area contributed by atoms with E-state index < -0.39 is 0 Å². The number of aryl methyl sites for hydroxylation is 2. The lowest BCUT2D eigenvalue weighted by Gasteiger charge is -2.14. The molecule has 4 rings (SSSR count). The van der Waals surface area contributed by atoms with Crippen molar-refractivity contribution in [1.82, 2.24) is 24.9 Å². The molecule has 3 aromatic heterocycles. The van der Waals surface area contributed by atoms with E-state index >= 15 is 0 Å².